The molecule has 0 aliphatic rings. The molecule has 0 saturated carbocycles. The number of fused-ring (bicyclic) bond motifs is 4. The van der Waals surface area contributed by atoms with Crippen LogP contribution in [0.2, 0.25) is 0 Å². The predicted octanol–water partition coefficient (Wildman–Crippen LogP) is 4.42. The van der Waals surface area contributed by atoms with Crippen LogP contribution in [0.4, 0.5) is 0 Å². The zero-order valence-electron chi connectivity index (χ0n) is 13.4. The number of para-hydroxylation sites is 1. The van der Waals surface area contributed by atoms with Crippen LogP contribution in [0.25, 0.3) is 44.0 Å². The van der Waals surface area contributed by atoms with Crippen molar-refractivity contribution in [2.24, 2.45) is 0 Å². The molecule has 3 heterocycles. The number of nitrogens with one attached hydrogen (secondary N) is 1. The van der Waals surface area contributed by atoms with Crippen LogP contribution in [0.3, 0.4) is 0 Å². The third-order valence-corrected chi connectivity index (χ3v) is 4.63. The molecule has 4 heteroatoms. The lowest BCUT2D eigenvalue weighted by molar-refractivity contribution is 0.282. The van der Waals surface area contributed by atoms with Crippen molar-refractivity contribution in [3.63, 3.8) is 0 Å². The molecule has 5 rings (SSSR count). The van der Waals surface area contributed by atoms with Gasteiger partial charge in [0.05, 0.1) is 23.3 Å². The first-order valence-corrected chi connectivity index (χ1v) is 8.19. The average Bonchev–Trinajstić information content (AvgIpc) is 3.05. The minimum atomic E-state index is 0.0327. The average molecular weight is 325 g/mol. The number of aromatic amines is 1. The summed E-state index contributed by atoms with van der Waals surface area (Å²) in [6.07, 6.45) is 3.70. The van der Waals surface area contributed by atoms with Crippen molar-refractivity contribution in [1.82, 2.24) is 15.0 Å². The van der Waals surface area contributed by atoms with E-state index in [2.05, 4.69) is 27.1 Å². The summed E-state index contributed by atoms with van der Waals surface area (Å²) in [5, 5.41) is 12.7. The molecule has 25 heavy (non-hydrogen) atoms. The van der Waals surface area contributed by atoms with E-state index in [9.17, 15) is 5.11 Å². The zero-order valence-corrected chi connectivity index (χ0v) is 13.4. The molecule has 0 spiro atoms. The Morgan fingerprint density at radius 3 is 2.76 bits per heavy atom. The minimum absolute atomic E-state index is 0.0327. The van der Waals surface area contributed by atoms with E-state index in [4.69, 9.17) is 0 Å². The Morgan fingerprint density at radius 1 is 0.920 bits per heavy atom. The lowest BCUT2D eigenvalue weighted by atomic mass is 10.1. The topological polar surface area (TPSA) is 61.8 Å². The molecule has 0 unspecified atom stereocenters. The summed E-state index contributed by atoms with van der Waals surface area (Å²) < 4.78 is 0. The van der Waals surface area contributed by atoms with Crippen molar-refractivity contribution in [3.8, 4) is 11.3 Å². The molecule has 0 saturated heterocycles. The zero-order chi connectivity index (χ0) is 16.8. The molecule has 0 atom stereocenters. The standard InChI is InChI=1S/C21H15N3O/c25-12-13-5-6-16-17-7-8-22-20(21(17)24-19(16)9-13)15-10-14-3-1-2-4-18(14)23-11-15/h1-11,24-25H,12H2. The van der Waals surface area contributed by atoms with Crippen molar-refractivity contribution in [2.45, 2.75) is 6.61 Å². The second kappa shape index (κ2) is 5.40. The fourth-order valence-electron chi connectivity index (χ4n) is 3.39. The Hall–Kier alpha value is -3.24. The molecule has 0 bridgehead atoms. The van der Waals surface area contributed by atoms with E-state index < -0.39 is 0 Å². The Labute approximate surface area is 143 Å². The number of nitrogens with zero attached hydrogens (tertiary/aromatic N) is 2. The molecule has 4 nitrogen and oxygen atoms in total. The van der Waals surface area contributed by atoms with E-state index in [1.54, 1.807) is 0 Å². The van der Waals surface area contributed by atoms with Crippen molar-refractivity contribution in [1.29, 1.82) is 0 Å². The highest BCUT2D eigenvalue weighted by Gasteiger charge is 2.12. The summed E-state index contributed by atoms with van der Waals surface area (Å²) in [5.74, 6) is 0. The first-order chi connectivity index (χ1) is 12.3. The van der Waals surface area contributed by atoms with E-state index in [1.807, 2.05) is 54.9 Å². The van der Waals surface area contributed by atoms with E-state index in [1.165, 1.54) is 0 Å². The summed E-state index contributed by atoms with van der Waals surface area (Å²) in [4.78, 5) is 12.6. The molecule has 0 aliphatic heterocycles. The third kappa shape index (κ3) is 2.19. The second-order valence-corrected chi connectivity index (χ2v) is 6.16. The van der Waals surface area contributed by atoms with Gasteiger partial charge in [0, 0.05) is 39.6 Å². The van der Waals surface area contributed by atoms with Gasteiger partial charge >= 0.3 is 0 Å². The van der Waals surface area contributed by atoms with Crippen molar-refractivity contribution in [2.75, 3.05) is 0 Å². The van der Waals surface area contributed by atoms with Crippen LogP contribution in [0.5, 0.6) is 0 Å². The number of aliphatic hydroxyl groups excluding tert-OH is 1. The smallest absolute Gasteiger partial charge is 0.0958 e. The molecule has 120 valence electrons. The molecular formula is C21H15N3O. The number of hydrogen-bond acceptors (Lipinski definition) is 3. The lowest BCUT2D eigenvalue weighted by Gasteiger charge is -2.04. The SMILES string of the molecule is OCc1ccc2c(c1)[nH]c1c(-c3cnc4ccccc4c3)nccc12. The second-order valence-electron chi connectivity index (χ2n) is 6.16. The van der Waals surface area contributed by atoms with Crippen molar-refractivity contribution in [3.05, 3.63) is 72.6 Å². The fourth-order valence-corrected chi connectivity index (χ4v) is 3.39. The van der Waals surface area contributed by atoms with Crippen LogP contribution in [-0.2, 0) is 6.61 Å². The number of benzene rings is 2. The first-order valence-electron chi connectivity index (χ1n) is 8.19. The van der Waals surface area contributed by atoms with Gasteiger partial charge in [-0.2, -0.15) is 0 Å². The number of H-pyrrole nitrogens is 1. The van der Waals surface area contributed by atoms with Gasteiger partial charge in [0.25, 0.3) is 0 Å². The molecule has 2 aromatic carbocycles. The Balaban J connectivity index is 1.79. The van der Waals surface area contributed by atoms with Gasteiger partial charge in [-0.3, -0.25) is 9.97 Å². The van der Waals surface area contributed by atoms with Crippen LogP contribution in [-0.4, -0.2) is 20.1 Å². The third-order valence-electron chi connectivity index (χ3n) is 4.63. The molecule has 3 aromatic heterocycles. The first kappa shape index (κ1) is 14.1. The molecular weight excluding hydrogens is 310 g/mol. The number of aliphatic hydroxyl groups is 1. The van der Waals surface area contributed by atoms with Crippen LogP contribution in [0.15, 0.2) is 67.0 Å². The van der Waals surface area contributed by atoms with E-state index in [0.29, 0.717) is 0 Å². The van der Waals surface area contributed by atoms with Crippen LogP contribution < -0.4 is 0 Å². The largest absolute Gasteiger partial charge is 0.392 e. The highest BCUT2D eigenvalue weighted by Crippen LogP contribution is 2.32. The molecule has 0 radical (unpaired) electrons. The Kier molecular flexibility index (Phi) is 3.05. The van der Waals surface area contributed by atoms with E-state index >= 15 is 0 Å². The maximum atomic E-state index is 9.37. The van der Waals surface area contributed by atoms with Gasteiger partial charge in [-0.25, -0.2) is 0 Å². The van der Waals surface area contributed by atoms with Crippen molar-refractivity contribution >= 4 is 32.7 Å². The summed E-state index contributed by atoms with van der Waals surface area (Å²) >= 11 is 0. The Bertz CT molecular complexity index is 1240. The Morgan fingerprint density at radius 2 is 1.84 bits per heavy atom. The molecule has 0 aliphatic carbocycles. The number of aromatic nitrogens is 3. The highest BCUT2D eigenvalue weighted by molar-refractivity contribution is 6.11. The number of rotatable bonds is 2. The molecule has 0 amide bonds. The van der Waals surface area contributed by atoms with Gasteiger partial charge in [-0.15, -0.1) is 0 Å². The number of pyridine rings is 2. The minimum Gasteiger partial charge on any atom is -0.392 e. The monoisotopic (exact) mass is 325 g/mol. The molecule has 2 N–H and O–H groups in total. The summed E-state index contributed by atoms with van der Waals surface area (Å²) in [6.45, 7) is 0.0327. The van der Waals surface area contributed by atoms with E-state index in [-0.39, 0.29) is 6.61 Å². The van der Waals surface area contributed by atoms with Gasteiger partial charge in [0.2, 0.25) is 0 Å². The van der Waals surface area contributed by atoms with Gasteiger partial charge in [0.1, 0.15) is 0 Å². The van der Waals surface area contributed by atoms with Gasteiger partial charge in [0.15, 0.2) is 0 Å². The van der Waals surface area contributed by atoms with Crippen LogP contribution in [0, 0.1) is 0 Å². The van der Waals surface area contributed by atoms with Crippen molar-refractivity contribution < 1.29 is 5.11 Å². The maximum Gasteiger partial charge on any atom is 0.0958 e. The number of hydrogen-bond donors (Lipinski definition) is 2. The van der Waals surface area contributed by atoms with Gasteiger partial charge in [-0.1, -0.05) is 30.3 Å². The fraction of sp³-hybridized carbons (Fsp3) is 0.0476. The van der Waals surface area contributed by atoms with Gasteiger partial charge < -0.3 is 10.1 Å². The maximum absolute atomic E-state index is 9.37. The summed E-state index contributed by atoms with van der Waals surface area (Å²) in [5.41, 5.74) is 5.73. The lowest BCUT2D eigenvalue weighted by Crippen LogP contribution is -1.87. The van der Waals surface area contributed by atoms with Crippen LogP contribution in [0.1, 0.15) is 5.56 Å². The molecule has 0 fully saturated rings. The molecule has 5 aromatic rings. The quantitative estimate of drug-likeness (QED) is 0.505. The summed E-state index contributed by atoms with van der Waals surface area (Å²) in [7, 11) is 0. The highest BCUT2D eigenvalue weighted by atomic mass is 16.3. The van der Waals surface area contributed by atoms with Gasteiger partial charge in [-0.05, 0) is 29.8 Å². The predicted molar refractivity (Wildman–Crippen MR) is 100 cm³/mol. The normalized spacial score (nSPS) is 11.6. The van der Waals surface area contributed by atoms with E-state index in [0.717, 1.165) is 49.5 Å². The summed E-state index contributed by atoms with van der Waals surface area (Å²) in [6, 6.07) is 18.2. The van der Waals surface area contributed by atoms with Crippen LogP contribution >= 0.6 is 0 Å².